The minimum Gasteiger partial charge on any atom is -0.616 e. The van der Waals surface area contributed by atoms with Gasteiger partial charge in [0.2, 0.25) is 0 Å². The monoisotopic (exact) mass is 449 g/mol. The first-order valence-corrected chi connectivity index (χ1v) is 11.5. The lowest BCUT2D eigenvalue weighted by Gasteiger charge is -2.38. The number of nitrogens with one attached hydrogen (secondary N) is 3. The van der Waals surface area contributed by atoms with E-state index in [0.717, 1.165) is 16.0 Å². The molecule has 4 rings (SSSR count). The summed E-state index contributed by atoms with van der Waals surface area (Å²) < 4.78 is 13.6. The molecule has 0 aromatic carbocycles. The average molecular weight is 450 g/mol. The van der Waals surface area contributed by atoms with Gasteiger partial charge in [-0.3, -0.25) is 10.2 Å². The number of halogens is 1. The molecule has 1 amide bonds. The number of thiophene rings is 1. The average Bonchev–Trinajstić information content (AvgIpc) is 3.28. The van der Waals surface area contributed by atoms with Gasteiger partial charge in [-0.25, -0.2) is 4.52 Å². The van der Waals surface area contributed by atoms with Gasteiger partial charge >= 0.3 is 0 Å². The van der Waals surface area contributed by atoms with Crippen molar-refractivity contribution in [3.63, 3.8) is 0 Å². The molecule has 3 N–H and O–H groups in total. The van der Waals surface area contributed by atoms with Crippen molar-refractivity contribution in [2.45, 2.75) is 31.2 Å². The van der Waals surface area contributed by atoms with Gasteiger partial charge in [-0.05, 0) is 43.2 Å². The number of rotatable bonds is 4. The molecule has 3 aromatic rings. The predicted molar refractivity (Wildman–Crippen MR) is 116 cm³/mol. The van der Waals surface area contributed by atoms with Gasteiger partial charge < -0.3 is 15.2 Å². The van der Waals surface area contributed by atoms with Crippen LogP contribution in [-0.4, -0.2) is 36.4 Å². The Hall–Kier alpha value is -2.07. The first kappa shape index (κ1) is 20.2. The molecule has 0 aliphatic carbocycles. The maximum atomic E-state index is 12.6. The van der Waals surface area contributed by atoms with Crippen molar-refractivity contribution >= 4 is 51.4 Å². The van der Waals surface area contributed by atoms with Gasteiger partial charge in [-0.2, -0.15) is 5.10 Å². The van der Waals surface area contributed by atoms with Crippen LogP contribution in [0.5, 0.6) is 0 Å². The second-order valence-electron chi connectivity index (χ2n) is 7.30. The maximum Gasteiger partial charge on any atom is 0.261 e. The van der Waals surface area contributed by atoms with Crippen molar-refractivity contribution in [2.24, 2.45) is 0 Å². The molecular formula is C19H20ClN5O2S2. The van der Waals surface area contributed by atoms with Gasteiger partial charge in [0.25, 0.3) is 5.91 Å². The highest BCUT2D eigenvalue weighted by Crippen LogP contribution is 2.37. The number of fused-ring (bicyclic) bond motifs is 1. The third-order valence-corrected chi connectivity index (χ3v) is 8.66. The SMILES string of the molecule is CC1(C)C(=N)NC(c2sc(C(=O)NCc3cnn4ccccc34)cc2Cl)C[S+]1[O-]. The molecule has 10 heteroatoms. The van der Waals surface area contributed by atoms with Gasteiger partial charge in [-0.15, -0.1) is 11.3 Å². The van der Waals surface area contributed by atoms with Gasteiger partial charge in [0.1, 0.15) is 11.8 Å². The van der Waals surface area contributed by atoms with Crippen molar-refractivity contribution in [1.82, 2.24) is 20.2 Å². The van der Waals surface area contributed by atoms with E-state index in [1.54, 1.807) is 30.6 Å². The second-order valence-corrected chi connectivity index (χ2v) is 10.8. The Bertz CT molecular complexity index is 1090. The van der Waals surface area contributed by atoms with E-state index >= 15 is 0 Å². The van der Waals surface area contributed by atoms with Crippen molar-refractivity contribution in [1.29, 1.82) is 5.41 Å². The Morgan fingerprint density at radius 1 is 1.55 bits per heavy atom. The topological polar surface area (TPSA) is 105 Å². The molecule has 0 spiro atoms. The number of carbonyl (C=O) groups excluding carboxylic acids is 1. The molecule has 1 aliphatic heterocycles. The van der Waals surface area contributed by atoms with Crippen LogP contribution in [0.15, 0.2) is 36.7 Å². The fourth-order valence-corrected chi connectivity index (χ4v) is 5.93. The van der Waals surface area contributed by atoms with Crippen LogP contribution in [0.2, 0.25) is 5.02 Å². The minimum absolute atomic E-state index is 0.218. The summed E-state index contributed by atoms with van der Waals surface area (Å²) in [5.74, 6) is 0.334. The molecule has 29 heavy (non-hydrogen) atoms. The van der Waals surface area contributed by atoms with Crippen LogP contribution in [0, 0.1) is 5.41 Å². The Morgan fingerprint density at radius 2 is 2.34 bits per heavy atom. The summed E-state index contributed by atoms with van der Waals surface area (Å²) >= 11 is 6.43. The zero-order valence-corrected chi connectivity index (χ0v) is 18.2. The Morgan fingerprint density at radius 3 is 3.10 bits per heavy atom. The van der Waals surface area contributed by atoms with Crippen molar-refractivity contribution in [3.8, 4) is 0 Å². The second kappa shape index (κ2) is 7.64. The lowest BCUT2D eigenvalue weighted by Crippen LogP contribution is -2.56. The molecule has 3 aromatic heterocycles. The van der Waals surface area contributed by atoms with E-state index in [0.29, 0.717) is 22.2 Å². The molecule has 0 saturated carbocycles. The normalized spacial score (nSPS) is 21.2. The predicted octanol–water partition coefficient (Wildman–Crippen LogP) is 3.13. The third kappa shape index (κ3) is 3.75. The van der Waals surface area contributed by atoms with E-state index in [4.69, 9.17) is 17.0 Å². The number of carbonyl (C=O) groups is 1. The van der Waals surface area contributed by atoms with Gasteiger partial charge in [0.05, 0.1) is 26.5 Å². The number of hydrogen-bond donors (Lipinski definition) is 3. The fourth-order valence-electron chi connectivity index (χ4n) is 3.12. The maximum absolute atomic E-state index is 12.6. The van der Waals surface area contributed by atoms with Crippen LogP contribution in [0.4, 0.5) is 0 Å². The summed E-state index contributed by atoms with van der Waals surface area (Å²) in [6, 6.07) is 7.05. The lowest BCUT2D eigenvalue weighted by atomic mass is 10.1. The number of nitrogens with zero attached hydrogens (tertiary/aromatic N) is 2. The van der Waals surface area contributed by atoms with Gasteiger partial charge in [0.15, 0.2) is 10.6 Å². The fraction of sp³-hybridized carbons (Fsp3) is 0.316. The summed E-state index contributed by atoms with van der Waals surface area (Å²) in [5.41, 5.74) is 1.86. The zero-order valence-electron chi connectivity index (χ0n) is 15.9. The zero-order chi connectivity index (χ0) is 20.8. The molecule has 7 nitrogen and oxygen atoms in total. The van der Waals surface area contributed by atoms with Crippen molar-refractivity contribution in [3.05, 3.63) is 57.0 Å². The molecule has 2 atom stereocenters. The molecule has 1 saturated heterocycles. The Kier molecular flexibility index (Phi) is 5.32. The summed E-state index contributed by atoms with van der Waals surface area (Å²) in [7, 11) is 0. The summed E-state index contributed by atoms with van der Waals surface area (Å²) in [6.45, 7) is 3.91. The van der Waals surface area contributed by atoms with Crippen LogP contribution in [0.3, 0.4) is 0 Å². The summed E-state index contributed by atoms with van der Waals surface area (Å²) in [5, 5.41) is 18.9. The number of pyridine rings is 1. The van der Waals surface area contributed by atoms with E-state index in [9.17, 15) is 9.35 Å². The summed E-state index contributed by atoms with van der Waals surface area (Å²) in [6.07, 6.45) is 3.59. The number of hydrogen-bond acceptors (Lipinski definition) is 5. The number of aromatic nitrogens is 2. The largest absolute Gasteiger partial charge is 0.616 e. The molecule has 0 radical (unpaired) electrons. The van der Waals surface area contributed by atoms with Crippen LogP contribution >= 0.6 is 22.9 Å². The molecule has 1 aliphatic rings. The standard InChI is InChI=1S/C19H20ClN5O2S2/c1-19(2)18(21)24-13(10-29(19)27)16-12(20)7-15(28-16)17(26)22-8-11-9-23-25-6-4-3-5-14(11)25/h3-7,9,13H,8,10H2,1-2H3,(H2,21,24)(H,22,26). The lowest BCUT2D eigenvalue weighted by molar-refractivity contribution is 0.0955. The Labute approximate surface area is 180 Å². The first-order valence-electron chi connectivity index (χ1n) is 9.00. The van der Waals surface area contributed by atoms with Gasteiger partial charge in [-0.1, -0.05) is 17.7 Å². The Balaban J connectivity index is 1.47. The van der Waals surface area contributed by atoms with Crippen LogP contribution in [-0.2, 0) is 17.7 Å². The molecular weight excluding hydrogens is 430 g/mol. The van der Waals surface area contributed by atoms with Crippen LogP contribution < -0.4 is 10.6 Å². The number of amides is 1. The summed E-state index contributed by atoms with van der Waals surface area (Å²) in [4.78, 5) is 13.8. The van der Waals surface area contributed by atoms with Crippen LogP contribution in [0.1, 0.15) is 40.0 Å². The van der Waals surface area contributed by atoms with E-state index in [2.05, 4.69) is 15.7 Å². The minimum atomic E-state index is -1.21. The molecule has 1 fully saturated rings. The molecule has 152 valence electrons. The quantitative estimate of drug-likeness (QED) is 0.532. The smallest absolute Gasteiger partial charge is 0.261 e. The highest BCUT2D eigenvalue weighted by Gasteiger charge is 2.45. The van der Waals surface area contributed by atoms with E-state index in [1.165, 1.54) is 11.3 Å². The van der Waals surface area contributed by atoms with Crippen molar-refractivity contribution < 1.29 is 9.35 Å². The van der Waals surface area contributed by atoms with E-state index in [1.807, 2.05) is 24.4 Å². The highest BCUT2D eigenvalue weighted by molar-refractivity contribution is 7.93. The first-order chi connectivity index (χ1) is 13.8. The molecule has 0 bridgehead atoms. The highest BCUT2D eigenvalue weighted by atomic mass is 35.5. The van der Waals surface area contributed by atoms with Crippen LogP contribution in [0.25, 0.3) is 5.52 Å². The number of amidine groups is 1. The van der Waals surface area contributed by atoms with Crippen molar-refractivity contribution in [2.75, 3.05) is 5.75 Å². The van der Waals surface area contributed by atoms with Gasteiger partial charge in [0, 0.05) is 18.3 Å². The van der Waals surface area contributed by atoms with E-state index < -0.39 is 15.9 Å². The third-order valence-electron chi connectivity index (χ3n) is 5.01. The molecule has 2 unspecified atom stereocenters. The van der Waals surface area contributed by atoms with E-state index in [-0.39, 0.29) is 17.8 Å². The molecule has 4 heterocycles.